The maximum atomic E-state index is 10.6. The van der Waals surface area contributed by atoms with Crippen molar-refractivity contribution < 1.29 is 50.9 Å². The molecule has 0 fully saturated rings. The van der Waals surface area contributed by atoms with Crippen LogP contribution in [-0.4, -0.2) is 66.6 Å². The first-order chi connectivity index (χ1) is 9.07. The van der Waals surface area contributed by atoms with Crippen LogP contribution in [-0.2, 0) is 9.59 Å². The van der Waals surface area contributed by atoms with Gasteiger partial charge in [-0.1, -0.05) is 0 Å². The van der Waals surface area contributed by atoms with Crippen molar-refractivity contribution in [2.45, 2.75) is 12.4 Å². The molecule has 0 aliphatic carbocycles. The summed E-state index contributed by atoms with van der Waals surface area (Å²) in [6.07, 6.45) is -10.2. The molecule has 0 rings (SSSR count). The molecule has 0 aromatic rings. The van der Waals surface area contributed by atoms with E-state index >= 15 is 0 Å². The molecule has 21 heavy (non-hydrogen) atoms. The summed E-state index contributed by atoms with van der Waals surface area (Å²) < 4.78 is 63.5. The average Bonchev–Trinajstić information content (AvgIpc) is 2.26. The molecule has 0 aliphatic heterocycles. The highest BCUT2D eigenvalue weighted by molar-refractivity contribution is 5.73. The molecular weight excluding hydrogens is 318 g/mol. The lowest BCUT2D eigenvalue weighted by Crippen LogP contribution is -2.31. The van der Waals surface area contributed by atoms with Gasteiger partial charge in [0.1, 0.15) is 0 Å². The summed E-state index contributed by atoms with van der Waals surface area (Å²) >= 11 is 0. The number of nitrogens with zero attached hydrogens (tertiary/aromatic N) is 1. The molecule has 126 valence electrons. The second-order valence-electron chi connectivity index (χ2n) is 3.06. The number of hydrogen-bond acceptors (Lipinski definition) is 3. The van der Waals surface area contributed by atoms with Gasteiger partial charge in [-0.2, -0.15) is 26.3 Å². The van der Waals surface area contributed by atoms with Crippen molar-refractivity contribution in [2.24, 2.45) is 0 Å². The van der Waals surface area contributed by atoms with Gasteiger partial charge in [0, 0.05) is 21.1 Å². The van der Waals surface area contributed by atoms with Crippen LogP contribution in [0.2, 0.25) is 0 Å². The molecule has 0 bridgehead atoms. The quantitative estimate of drug-likeness (QED) is 0.578. The van der Waals surface area contributed by atoms with E-state index in [0.29, 0.717) is 0 Å². The Morgan fingerprint density at radius 3 is 1.05 bits per heavy atom. The smallest absolute Gasteiger partial charge is 0.475 e. The predicted octanol–water partition coefficient (Wildman–Crippen LogP) is 1.15. The molecule has 0 radical (unpaired) electrons. The molecule has 0 unspecified atom stereocenters. The summed E-state index contributed by atoms with van der Waals surface area (Å²) in [6, 6.07) is -0.0694. The maximum absolute atomic E-state index is 10.6. The molecule has 0 heterocycles. The van der Waals surface area contributed by atoms with Crippen LogP contribution in [0.25, 0.3) is 0 Å². The first-order valence-electron chi connectivity index (χ1n) is 4.56. The minimum absolute atomic E-state index is 0.0694. The number of carboxylic acids is 2. The van der Waals surface area contributed by atoms with E-state index in [2.05, 4.69) is 5.32 Å². The Bertz CT molecular complexity index is 325. The molecule has 0 aromatic carbocycles. The van der Waals surface area contributed by atoms with E-state index in [1.807, 2.05) is 0 Å². The minimum atomic E-state index is -5.08. The van der Waals surface area contributed by atoms with Gasteiger partial charge in [-0.05, 0) is 0 Å². The lowest BCUT2D eigenvalue weighted by atomic mass is 10.7. The number of aliphatic carboxylic acids is 2. The predicted molar refractivity (Wildman–Crippen MR) is 55.5 cm³/mol. The third-order valence-corrected chi connectivity index (χ3v) is 1.11. The van der Waals surface area contributed by atoms with Crippen molar-refractivity contribution in [1.29, 1.82) is 0 Å². The van der Waals surface area contributed by atoms with Crippen LogP contribution in [0.1, 0.15) is 0 Å². The highest BCUT2D eigenvalue weighted by Crippen LogP contribution is 2.13. The second-order valence-corrected chi connectivity index (χ2v) is 3.06. The van der Waals surface area contributed by atoms with Crippen LogP contribution < -0.4 is 5.32 Å². The summed E-state index contributed by atoms with van der Waals surface area (Å²) in [5, 5.41) is 16.7. The molecule has 0 aliphatic rings. The summed E-state index contributed by atoms with van der Waals surface area (Å²) in [6.45, 7) is 0. The fourth-order valence-electron chi connectivity index (χ4n) is 0.224. The molecule has 0 saturated carbocycles. The molecule has 0 atom stereocenters. The zero-order chi connectivity index (χ0) is 18.0. The number of carbonyl (C=O) groups excluding carboxylic acids is 1. The standard InChI is InChI=1S/C4H10N2O.2C2HF3O2/c1-5-4(7)6(2)3;2*3-2(4,5)1(6)7/h1-3H3,(H,5,7);2*(H,6,7). The third kappa shape index (κ3) is 17.8. The lowest BCUT2D eigenvalue weighted by Gasteiger charge is -2.06. The normalized spacial score (nSPS) is 10.1. The van der Waals surface area contributed by atoms with Gasteiger partial charge in [-0.15, -0.1) is 0 Å². The van der Waals surface area contributed by atoms with E-state index in [9.17, 15) is 31.1 Å². The van der Waals surface area contributed by atoms with Crippen molar-refractivity contribution in [1.82, 2.24) is 10.2 Å². The molecule has 2 amide bonds. The lowest BCUT2D eigenvalue weighted by molar-refractivity contribution is -0.193. The summed E-state index contributed by atoms with van der Waals surface area (Å²) in [5.74, 6) is -5.51. The Balaban J connectivity index is -0.000000231. The number of rotatable bonds is 0. The molecule has 0 aromatic heterocycles. The van der Waals surface area contributed by atoms with Gasteiger partial charge in [0.05, 0.1) is 0 Å². The Labute approximate surface area is 114 Å². The van der Waals surface area contributed by atoms with Crippen molar-refractivity contribution >= 4 is 18.0 Å². The molecule has 13 heteroatoms. The number of alkyl halides is 6. The summed E-state index contributed by atoms with van der Waals surface area (Å²) in [4.78, 5) is 29.6. The fraction of sp³-hybridized carbons (Fsp3) is 0.625. The first-order valence-corrected chi connectivity index (χ1v) is 4.56. The van der Waals surface area contributed by atoms with Crippen molar-refractivity contribution in [3.05, 3.63) is 0 Å². The van der Waals surface area contributed by atoms with E-state index < -0.39 is 24.3 Å². The number of carboxylic acid groups (broad SMARTS) is 2. The first kappa shape index (κ1) is 23.9. The van der Waals surface area contributed by atoms with E-state index in [-0.39, 0.29) is 6.03 Å². The van der Waals surface area contributed by atoms with Crippen molar-refractivity contribution in [3.8, 4) is 0 Å². The largest absolute Gasteiger partial charge is 0.490 e. The Kier molecular flexibility index (Phi) is 11.0. The van der Waals surface area contributed by atoms with Gasteiger partial charge in [0.15, 0.2) is 0 Å². The minimum Gasteiger partial charge on any atom is -0.475 e. The monoisotopic (exact) mass is 330 g/mol. The molecular formula is C8H12F6N2O5. The highest BCUT2D eigenvalue weighted by Gasteiger charge is 2.38. The number of nitrogens with one attached hydrogen (secondary N) is 1. The van der Waals surface area contributed by atoms with Crippen LogP contribution in [0.15, 0.2) is 0 Å². The number of carbonyl (C=O) groups is 3. The number of halogens is 6. The van der Waals surface area contributed by atoms with Crippen LogP contribution in [0, 0.1) is 0 Å². The Hall–Kier alpha value is -2.21. The number of urea groups is 1. The van der Waals surface area contributed by atoms with Crippen molar-refractivity contribution in [2.75, 3.05) is 21.1 Å². The highest BCUT2D eigenvalue weighted by atomic mass is 19.4. The van der Waals surface area contributed by atoms with E-state index in [0.717, 1.165) is 0 Å². The fourth-order valence-corrected chi connectivity index (χ4v) is 0.224. The molecule has 0 saturated heterocycles. The van der Waals surface area contributed by atoms with Crippen LogP contribution in [0.3, 0.4) is 0 Å². The number of amides is 2. The van der Waals surface area contributed by atoms with Gasteiger partial charge < -0.3 is 20.4 Å². The van der Waals surface area contributed by atoms with Crippen LogP contribution >= 0.6 is 0 Å². The maximum Gasteiger partial charge on any atom is 0.490 e. The summed E-state index contributed by atoms with van der Waals surface area (Å²) in [7, 11) is 4.99. The van der Waals surface area contributed by atoms with Gasteiger partial charge in [-0.3, -0.25) is 0 Å². The van der Waals surface area contributed by atoms with Crippen LogP contribution in [0.4, 0.5) is 31.1 Å². The molecule has 3 N–H and O–H groups in total. The zero-order valence-corrected chi connectivity index (χ0v) is 10.8. The summed E-state index contributed by atoms with van der Waals surface area (Å²) in [5.41, 5.74) is 0. The van der Waals surface area contributed by atoms with Gasteiger partial charge in [-0.25, -0.2) is 14.4 Å². The Morgan fingerprint density at radius 1 is 0.857 bits per heavy atom. The third-order valence-electron chi connectivity index (χ3n) is 1.11. The van der Waals surface area contributed by atoms with E-state index in [1.54, 1.807) is 21.1 Å². The number of hydrogen-bond donors (Lipinski definition) is 3. The second kappa shape index (κ2) is 9.66. The molecule has 0 spiro atoms. The average molecular weight is 330 g/mol. The van der Waals surface area contributed by atoms with E-state index in [4.69, 9.17) is 19.8 Å². The SMILES string of the molecule is CNC(=O)N(C)C.O=C(O)C(F)(F)F.O=C(O)C(F)(F)F. The van der Waals surface area contributed by atoms with E-state index in [1.165, 1.54) is 4.90 Å². The Morgan fingerprint density at radius 2 is 1.05 bits per heavy atom. The van der Waals surface area contributed by atoms with Gasteiger partial charge in [0.25, 0.3) is 0 Å². The van der Waals surface area contributed by atoms with Gasteiger partial charge >= 0.3 is 30.3 Å². The topological polar surface area (TPSA) is 107 Å². The van der Waals surface area contributed by atoms with Crippen LogP contribution in [0.5, 0.6) is 0 Å². The van der Waals surface area contributed by atoms with Crippen molar-refractivity contribution in [3.63, 3.8) is 0 Å². The molecule has 7 nitrogen and oxygen atoms in total. The zero-order valence-electron chi connectivity index (χ0n) is 10.8. The van der Waals surface area contributed by atoms with Gasteiger partial charge in [0.2, 0.25) is 0 Å².